The number of hydrogen-bond donors (Lipinski definition) is 11. The molecule has 67 heavy (non-hydrogen) atoms. The van der Waals surface area contributed by atoms with Crippen molar-refractivity contribution in [2.24, 2.45) is 27.2 Å². The van der Waals surface area contributed by atoms with Crippen LogP contribution in [0.3, 0.4) is 0 Å². The molecule has 24 heteroatoms. The van der Waals surface area contributed by atoms with Crippen molar-refractivity contribution in [3.05, 3.63) is 29.3 Å². The number of nitrogens with zero attached hydrogens (tertiary/aromatic N) is 2. The third-order valence-corrected chi connectivity index (χ3v) is 14.2. The Balaban J connectivity index is 0.950. The fraction of sp³-hybridized carbons (Fsp3) is 0.698. The third kappa shape index (κ3) is 19.5. The molecule has 14 N–H and O–H groups in total. The molecule has 5 rings (SSSR count). The minimum absolute atomic E-state index is 0.0349. The van der Waals surface area contributed by atoms with Gasteiger partial charge in [-0.25, -0.2) is 14.8 Å². The summed E-state index contributed by atoms with van der Waals surface area (Å²) in [6.07, 6.45) is 6.36. The zero-order chi connectivity index (χ0) is 47.6. The lowest BCUT2D eigenvalue weighted by atomic mass is 10.0. The lowest BCUT2D eigenvalue weighted by molar-refractivity contribution is -0.122. The van der Waals surface area contributed by atoms with Crippen molar-refractivity contribution in [2.45, 2.75) is 86.0 Å². The summed E-state index contributed by atoms with van der Waals surface area (Å²) >= 11 is 3.82. The highest BCUT2D eigenvalue weighted by Gasteiger charge is 2.41. The molecule has 2 saturated heterocycles. The van der Waals surface area contributed by atoms with Crippen molar-refractivity contribution in [1.82, 2.24) is 37.2 Å². The summed E-state index contributed by atoms with van der Waals surface area (Å²) < 4.78 is 21.9. The quantitative estimate of drug-likeness (QED) is 0.0384. The van der Waals surface area contributed by atoms with Gasteiger partial charge in [-0.3, -0.25) is 19.2 Å². The number of nitrogens with two attached hydrogens (primary N) is 3. The maximum Gasteiger partial charge on any atom is 0.319 e. The van der Waals surface area contributed by atoms with Gasteiger partial charge >= 0.3 is 6.03 Å². The Bertz CT molecular complexity index is 1710. The van der Waals surface area contributed by atoms with Gasteiger partial charge in [0.05, 0.1) is 77.0 Å². The number of benzene rings is 1. The molecule has 0 aliphatic carbocycles. The topological polar surface area (TPSA) is 321 Å². The van der Waals surface area contributed by atoms with Crippen molar-refractivity contribution in [2.75, 3.05) is 109 Å². The number of urea groups is 1. The first-order valence-corrected chi connectivity index (χ1v) is 25.4. The average molecular weight is 978 g/mol. The number of ether oxygens (including phenoxy) is 4. The molecule has 4 aliphatic rings. The van der Waals surface area contributed by atoms with Gasteiger partial charge in [-0.2, -0.15) is 23.5 Å². The molecule has 0 aromatic heterocycles. The number of aliphatic imine (C=N–C) groups is 2. The first kappa shape index (κ1) is 53.4. The maximum absolute atomic E-state index is 13.2. The highest BCUT2D eigenvalue weighted by Crippen LogP contribution is 2.35. The Morgan fingerprint density at radius 3 is 1.49 bits per heavy atom. The van der Waals surface area contributed by atoms with Gasteiger partial charge in [0.25, 0.3) is 11.8 Å². The number of fused-ring (bicyclic) bond motifs is 2. The van der Waals surface area contributed by atoms with Crippen LogP contribution in [-0.4, -0.2) is 180 Å². The van der Waals surface area contributed by atoms with Gasteiger partial charge in [0.2, 0.25) is 11.8 Å². The highest BCUT2D eigenvalue weighted by atomic mass is 32.2. The molecule has 374 valence electrons. The van der Waals surface area contributed by atoms with Gasteiger partial charge < -0.3 is 78.7 Å². The monoisotopic (exact) mass is 977 g/mol. The van der Waals surface area contributed by atoms with Crippen LogP contribution < -0.4 is 59.7 Å². The minimum Gasteiger partial charge on any atom is -0.378 e. The van der Waals surface area contributed by atoms with Gasteiger partial charge in [0, 0.05) is 90.9 Å². The number of guanidine groups is 2. The summed E-state index contributed by atoms with van der Waals surface area (Å²) in [5.74, 6) is 1.96. The second-order valence-corrected chi connectivity index (χ2v) is 18.9. The molecular weight excluding hydrogens is 907 g/mol. The summed E-state index contributed by atoms with van der Waals surface area (Å²) in [7, 11) is 0. The van der Waals surface area contributed by atoms with Crippen LogP contribution in [0.4, 0.5) is 10.5 Å². The minimum atomic E-state index is -0.554. The molecule has 1 aromatic rings. The SMILES string of the molecule is NCCOCCOCCNC(=O)Nc1cc(C(=O)NCCOCCNC(=O)CCCC[C@@H]2SC[C@@H]3N=C(N)N[C@@H]32)cc(C(=O)NCCOCCNC(=O)CCCC[C@@H]2SC[C@@H]3N=C(N)N[C@@H]32)c1. The molecule has 1 aromatic carbocycles. The van der Waals surface area contributed by atoms with E-state index in [0.29, 0.717) is 86.8 Å². The highest BCUT2D eigenvalue weighted by molar-refractivity contribution is 8.00. The summed E-state index contributed by atoms with van der Waals surface area (Å²) in [5, 5.41) is 24.1. The summed E-state index contributed by atoms with van der Waals surface area (Å²) in [4.78, 5) is 72.7. The predicted octanol–water partition coefficient (Wildman–Crippen LogP) is -0.813. The average Bonchev–Trinajstić information content (AvgIpc) is 4.08. The van der Waals surface area contributed by atoms with E-state index in [0.717, 1.165) is 50.0 Å². The van der Waals surface area contributed by atoms with E-state index in [4.69, 9.17) is 36.1 Å². The van der Waals surface area contributed by atoms with E-state index in [2.05, 4.69) is 52.5 Å². The molecule has 0 bridgehead atoms. The molecule has 0 saturated carbocycles. The molecule has 6 amide bonds. The molecule has 0 unspecified atom stereocenters. The van der Waals surface area contributed by atoms with Crippen LogP contribution in [0.25, 0.3) is 0 Å². The van der Waals surface area contributed by atoms with Crippen LogP contribution in [0, 0.1) is 0 Å². The number of carbonyl (C=O) groups is 5. The number of thioether (sulfide) groups is 2. The van der Waals surface area contributed by atoms with Crippen LogP contribution in [0.15, 0.2) is 28.2 Å². The van der Waals surface area contributed by atoms with Crippen LogP contribution in [0.1, 0.15) is 72.1 Å². The number of anilines is 1. The van der Waals surface area contributed by atoms with Crippen molar-refractivity contribution in [3.8, 4) is 0 Å². The third-order valence-electron chi connectivity index (χ3n) is 11.2. The maximum atomic E-state index is 13.2. The number of unbranched alkanes of at least 4 members (excludes halogenated alkanes) is 2. The number of amides is 6. The lowest BCUT2D eigenvalue weighted by Crippen LogP contribution is -2.41. The van der Waals surface area contributed by atoms with Crippen molar-refractivity contribution < 1.29 is 42.9 Å². The molecule has 0 radical (unpaired) electrons. The van der Waals surface area contributed by atoms with Crippen molar-refractivity contribution in [3.63, 3.8) is 0 Å². The Labute approximate surface area is 401 Å². The van der Waals surface area contributed by atoms with Gasteiger partial charge in [0.1, 0.15) is 0 Å². The second-order valence-electron chi connectivity index (χ2n) is 16.4. The van der Waals surface area contributed by atoms with E-state index in [9.17, 15) is 24.0 Å². The lowest BCUT2D eigenvalue weighted by Gasteiger charge is -2.17. The summed E-state index contributed by atoms with van der Waals surface area (Å²) in [6.45, 7) is 3.99. The zero-order valence-corrected chi connectivity index (χ0v) is 39.9. The van der Waals surface area contributed by atoms with Gasteiger partial charge in [-0.1, -0.05) is 12.8 Å². The number of nitrogens with one attached hydrogen (secondary N) is 8. The van der Waals surface area contributed by atoms with Crippen LogP contribution in [-0.2, 0) is 28.5 Å². The molecule has 2 fully saturated rings. The molecule has 22 nitrogen and oxygen atoms in total. The van der Waals surface area contributed by atoms with E-state index in [1.165, 1.54) is 18.2 Å². The predicted molar refractivity (Wildman–Crippen MR) is 261 cm³/mol. The molecule has 4 heterocycles. The van der Waals surface area contributed by atoms with E-state index in [1.54, 1.807) is 0 Å². The normalized spacial score (nSPS) is 21.3. The van der Waals surface area contributed by atoms with E-state index in [1.807, 2.05) is 23.5 Å². The summed E-state index contributed by atoms with van der Waals surface area (Å²) in [5.41, 5.74) is 17.5. The number of rotatable bonds is 33. The van der Waals surface area contributed by atoms with Crippen LogP contribution >= 0.6 is 23.5 Å². The van der Waals surface area contributed by atoms with E-state index < -0.39 is 17.8 Å². The Hall–Kier alpha value is -4.59. The number of hydrogen-bond acceptors (Lipinski definition) is 18. The summed E-state index contributed by atoms with van der Waals surface area (Å²) in [6, 6.07) is 4.90. The molecule has 4 aliphatic heterocycles. The molecule has 0 spiro atoms. The van der Waals surface area contributed by atoms with Crippen LogP contribution in [0.5, 0.6) is 0 Å². The van der Waals surface area contributed by atoms with E-state index in [-0.39, 0.29) is 93.4 Å². The first-order valence-electron chi connectivity index (χ1n) is 23.3. The first-order chi connectivity index (χ1) is 32.6. The van der Waals surface area contributed by atoms with Crippen molar-refractivity contribution >= 4 is 70.8 Å². The van der Waals surface area contributed by atoms with Gasteiger partial charge in [0.15, 0.2) is 11.9 Å². The second kappa shape index (κ2) is 30.0. The molecule has 6 atom stereocenters. The van der Waals surface area contributed by atoms with Gasteiger partial charge in [-0.05, 0) is 43.9 Å². The zero-order valence-electron chi connectivity index (χ0n) is 38.3. The Kier molecular flexibility index (Phi) is 23.9. The number of carbonyl (C=O) groups excluding carboxylic acids is 5. The van der Waals surface area contributed by atoms with Crippen LogP contribution in [0.2, 0.25) is 0 Å². The Morgan fingerprint density at radius 1 is 0.582 bits per heavy atom. The Morgan fingerprint density at radius 2 is 1.01 bits per heavy atom. The standard InChI is InChI=1S/C43H71N13O9S2/c44-9-15-62-21-22-65-20-14-51-43(61)52-30-24-28(39(59)49-12-18-63-16-10-47-35(57)7-3-1-5-33-37-31(26-66-33)53-41(45)55-37)23-29(25-30)40(60)50-13-19-64-17-11-48-36(58)8-4-2-6-34-38-32(27-67-34)54-42(46)56-38/h23-25,31-34,37-38H,1-22,26-27,44H2,(H,47,57)(H,48,58)(H,49,59)(H,50,60)(H3,45,53,55)(H3,46,54,56)(H2,51,52,61)/t31-,32-,33-,34-,37-,38-/m0/s1. The largest absolute Gasteiger partial charge is 0.378 e. The molecular formula is C43H71N13O9S2. The van der Waals surface area contributed by atoms with E-state index >= 15 is 0 Å². The van der Waals surface area contributed by atoms with Crippen molar-refractivity contribution in [1.29, 1.82) is 0 Å². The fourth-order valence-electron chi connectivity index (χ4n) is 7.89. The fourth-order valence-corrected chi connectivity index (χ4v) is 10.9. The van der Waals surface area contributed by atoms with Gasteiger partial charge in [-0.15, -0.1) is 0 Å². The smallest absolute Gasteiger partial charge is 0.319 e.